The molecule has 5 rings (SSSR count). The second-order valence-electron chi connectivity index (χ2n) is 10.4. The van der Waals surface area contributed by atoms with E-state index in [2.05, 4.69) is 41.1 Å². The standard InChI is InChI=1S/C30H38N4O2/c1-2-16-30(36)17-10-9-15-26(30)34-22-32-27(28(34)24-13-7-4-8-14-24)29(35)33-19-18-31-21-25(33)20-23-11-5-3-6-12-23/h3-8,11-14,22,25-26,31,36H,2,9-10,15-21H2,1H3/t25-,26?,30?/m1/s1. The van der Waals surface area contributed by atoms with Crippen LogP contribution >= 0.6 is 0 Å². The number of benzene rings is 2. The second-order valence-corrected chi connectivity index (χ2v) is 10.4. The molecule has 2 fully saturated rings. The van der Waals surface area contributed by atoms with Gasteiger partial charge in [-0.05, 0) is 31.2 Å². The van der Waals surface area contributed by atoms with Gasteiger partial charge < -0.3 is 19.9 Å². The van der Waals surface area contributed by atoms with Crippen LogP contribution in [-0.4, -0.2) is 56.7 Å². The minimum atomic E-state index is -0.775. The first-order valence-electron chi connectivity index (χ1n) is 13.5. The van der Waals surface area contributed by atoms with Crippen molar-refractivity contribution in [2.75, 3.05) is 19.6 Å². The van der Waals surface area contributed by atoms with Crippen molar-refractivity contribution in [1.29, 1.82) is 0 Å². The summed E-state index contributed by atoms with van der Waals surface area (Å²) in [5.74, 6) is -0.0233. The van der Waals surface area contributed by atoms with Gasteiger partial charge in [0.2, 0.25) is 0 Å². The fraction of sp³-hybridized carbons (Fsp3) is 0.467. The molecule has 2 heterocycles. The lowest BCUT2D eigenvalue weighted by molar-refractivity contribution is -0.0482. The first-order valence-corrected chi connectivity index (χ1v) is 13.5. The number of carbonyl (C=O) groups excluding carboxylic acids is 1. The van der Waals surface area contributed by atoms with Crippen LogP contribution in [0.2, 0.25) is 0 Å². The molecule has 6 nitrogen and oxygen atoms in total. The Morgan fingerprint density at radius 2 is 1.86 bits per heavy atom. The van der Waals surface area contributed by atoms with Crippen molar-refractivity contribution in [3.8, 4) is 11.3 Å². The highest BCUT2D eigenvalue weighted by Crippen LogP contribution is 2.43. The first kappa shape index (κ1) is 24.7. The monoisotopic (exact) mass is 486 g/mol. The van der Waals surface area contributed by atoms with E-state index >= 15 is 0 Å². The van der Waals surface area contributed by atoms with Crippen molar-refractivity contribution in [3.05, 3.63) is 78.2 Å². The van der Waals surface area contributed by atoms with E-state index in [4.69, 9.17) is 4.98 Å². The van der Waals surface area contributed by atoms with Crippen LogP contribution in [0.1, 0.15) is 67.5 Å². The SMILES string of the molecule is CCCC1(O)CCCCC1n1cnc(C(=O)N2CCNC[C@H]2Cc2ccccc2)c1-c1ccccc1. The number of rotatable bonds is 7. The van der Waals surface area contributed by atoms with Crippen molar-refractivity contribution in [2.45, 2.75) is 69.6 Å². The van der Waals surface area contributed by atoms with E-state index in [9.17, 15) is 9.90 Å². The summed E-state index contributed by atoms with van der Waals surface area (Å²) in [5.41, 5.74) is 2.74. The number of nitrogens with one attached hydrogen (secondary N) is 1. The van der Waals surface area contributed by atoms with Gasteiger partial charge in [0.25, 0.3) is 5.91 Å². The van der Waals surface area contributed by atoms with Gasteiger partial charge in [-0.25, -0.2) is 4.98 Å². The van der Waals surface area contributed by atoms with Crippen LogP contribution in [-0.2, 0) is 6.42 Å². The van der Waals surface area contributed by atoms with Gasteiger partial charge >= 0.3 is 0 Å². The summed E-state index contributed by atoms with van der Waals surface area (Å²) in [5, 5.41) is 15.2. The minimum Gasteiger partial charge on any atom is -0.388 e. The predicted molar refractivity (Wildman–Crippen MR) is 143 cm³/mol. The highest BCUT2D eigenvalue weighted by molar-refractivity contribution is 5.98. The molecular formula is C30H38N4O2. The van der Waals surface area contributed by atoms with Crippen molar-refractivity contribution < 1.29 is 9.90 Å². The molecule has 2 unspecified atom stereocenters. The van der Waals surface area contributed by atoms with Gasteiger partial charge in [0.15, 0.2) is 5.69 Å². The lowest BCUT2D eigenvalue weighted by Gasteiger charge is -2.41. The Kier molecular flexibility index (Phi) is 7.54. The lowest BCUT2D eigenvalue weighted by Crippen LogP contribution is -2.54. The van der Waals surface area contributed by atoms with E-state index < -0.39 is 5.60 Å². The zero-order valence-electron chi connectivity index (χ0n) is 21.3. The summed E-state index contributed by atoms with van der Waals surface area (Å²) in [6.45, 7) is 4.32. The maximum atomic E-state index is 14.1. The van der Waals surface area contributed by atoms with Gasteiger partial charge in [-0.1, -0.05) is 86.8 Å². The van der Waals surface area contributed by atoms with Crippen molar-refractivity contribution >= 4 is 5.91 Å². The third-order valence-electron chi connectivity index (χ3n) is 7.94. The highest BCUT2D eigenvalue weighted by atomic mass is 16.3. The Morgan fingerprint density at radius 1 is 1.11 bits per heavy atom. The Bertz CT molecular complexity index is 1140. The summed E-state index contributed by atoms with van der Waals surface area (Å²) in [7, 11) is 0. The number of nitrogens with zero attached hydrogens (tertiary/aromatic N) is 3. The van der Waals surface area contributed by atoms with Gasteiger partial charge in [0, 0.05) is 31.2 Å². The smallest absolute Gasteiger partial charge is 0.275 e. The molecule has 2 N–H and O–H groups in total. The molecule has 3 atom stereocenters. The molecule has 1 saturated carbocycles. The zero-order valence-corrected chi connectivity index (χ0v) is 21.3. The summed E-state index contributed by atoms with van der Waals surface area (Å²) < 4.78 is 2.12. The van der Waals surface area contributed by atoms with Crippen LogP contribution in [0.4, 0.5) is 0 Å². The molecule has 6 heteroatoms. The minimum absolute atomic E-state index is 0.0233. The van der Waals surface area contributed by atoms with E-state index in [1.165, 1.54) is 5.56 Å². The maximum Gasteiger partial charge on any atom is 0.275 e. The van der Waals surface area contributed by atoms with Gasteiger partial charge in [-0.15, -0.1) is 0 Å². The van der Waals surface area contributed by atoms with E-state index in [0.29, 0.717) is 12.2 Å². The largest absolute Gasteiger partial charge is 0.388 e. The molecule has 1 saturated heterocycles. The topological polar surface area (TPSA) is 70.4 Å². The number of hydrogen-bond acceptors (Lipinski definition) is 4. The van der Waals surface area contributed by atoms with E-state index in [1.54, 1.807) is 6.33 Å². The second kappa shape index (κ2) is 11.0. The molecule has 2 aromatic carbocycles. The Hall–Kier alpha value is -2.96. The first-order chi connectivity index (χ1) is 17.6. The highest BCUT2D eigenvalue weighted by Gasteiger charge is 2.41. The normalized spacial score (nSPS) is 24.6. The average Bonchev–Trinajstić information content (AvgIpc) is 3.35. The van der Waals surface area contributed by atoms with Crippen LogP contribution < -0.4 is 5.32 Å². The van der Waals surface area contributed by atoms with Crippen molar-refractivity contribution in [3.63, 3.8) is 0 Å². The molecule has 0 bridgehead atoms. The molecule has 2 aliphatic rings. The molecule has 190 valence electrons. The fourth-order valence-electron chi connectivity index (χ4n) is 6.20. The number of imidazole rings is 1. The van der Waals surface area contributed by atoms with Crippen molar-refractivity contribution in [2.24, 2.45) is 0 Å². The third-order valence-corrected chi connectivity index (χ3v) is 7.94. The van der Waals surface area contributed by atoms with Gasteiger partial charge in [0.05, 0.1) is 23.7 Å². The molecular weight excluding hydrogens is 448 g/mol. The number of aromatic nitrogens is 2. The predicted octanol–water partition coefficient (Wildman–Crippen LogP) is 4.85. The van der Waals surface area contributed by atoms with Gasteiger partial charge in [0.1, 0.15) is 0 Å². The number of piperazine rings is 1. The molecule has 0 radical (unpaired) electrons. The number of aliphatic hydroxyl groups is 1. The van der Waals surface area contributed by atoms with Crippen LogP contribution in [0.5, 0.6) is 0 Å². The summed E-state index contributed by atoms with van der Waals surface area (Å²) in [6, 6.07) is 20.4. The van der Waals surface area contributed by atoms with Crippen molar-refractivity contribution in [1.82, 2.24) is 19.8 Å². The van der Waals surface area contributed by atoms with E-state index in [0.717, 1.165) is 69.3 Å². The summed E-state index contributed by atoms with van der Waals surface area (Å²) in [6.07, 6.45) is 8.09. The molecule has 36 heavy (non-hydrogen) atoms. The Labute approximate surface area is 214 Å². The van der Waals surface area contributed by atoms with Gasteiger partial charge in [-0.2, -0.15) is 0 Å². The number of hydrogen-bond donors (Lipinski definition) is 2. The lowest BCUT2D eigenvalue weighted by atomic mass is 9.77. The van der Waals surface area contributed by atoms with Crippen LogP contribution in [0.15, 0.2) is 67.0 Å². The van der Waals surface area contributed by atoms with E-state index in [-0.39, 0.29) is 18.0 Å². The molecule has 1 aliphatic heterocycles. The Morgan fingerprint density at radius 3 is 2.61 bits per heavy atom. The van der Waals surface area contributed by atoms with Crippen LogP contribution in [0, 0.1) is 0 Å². The van der Waals surface area contributed by atoms with Gasteiger partial charge in [-0.3, -0.25) is 4.79 Å². The summed E-state index contributed by atoms with van der Waals surface area (Å²) in [4.78, 5) is 20.9. The van der Waals surface area contributed by atoms with Crippen LogP contribution in [0.25, 0.3) is 11.3 Å². The van der Waals surface area contributed by atoms with Crippen LogP contribution in [0.3, 0.4) is 0 Å². The molecule has 1 amide bonds. The Balaban J connectivity index is 1.53. The quantitative estimate of drug-likeness (QED) is 0.501. The van der Waals surface area contributed by atoms with E-state index in [1.807, 2.05) is 41.3 Å². The average molecular weight is 487 g/mol. The third kappa shape index (κ3) is 4.97. The molecule has 1 aliphatic carbocycles. The summed E-state index contributed by atoms with van der Waals surface area (Å²) >= 11 is 0. The fourth-order valence-corrected chi connectivity index (χ4v) is 6.20. The maximum absolute atomic E-state index is 14.1. The molecule has 3 aromatic rings. The number of amides is 1. The number of carbonyl (C=O) groups is 1. The molecule has 0 spiro atoms. The zero-order chi connectivity index (χ0) is 25.0. The molecule has 1 aromatic heterocycles.